The molecule has 2 heterocycles. The van der Waals surface area contributed by atoms with Gasteiger partial charge in [0.1, 0.15) is 4.90 Å². The summed E-state index contributed by atoms with van der Waals surface area (Å²) in [4.78, 5) is 15.1. The molecule has 2 fully saturated rings. The molecule has 2 saturated heterocycles. The van der Waals surface area contributed by atoms with Crippen LogP contribution < -0.4 is 5.32 Å². The molecule has 3 rings (SSSR count). The van der Waals surface area contributed by atoms with Crippen molar-refractivity contribution in [3.63, 3.8) is 0 Å². The number of likely N-dealkylation sites (tertiary alicyclic amines) is 1. The van der Waals surface area contributed by atoms with Crippen LogP contribution in [0.1, 0.15) is 62.7 Å². The molecule has 0 radical (unpaired) electrons. The second-order valence-corrected chi connectivity index (χ2v) is 11.6. The van der Waals surface area contributed by atoms with Gasteiger partial charge < -0.3 is 10.2 Å². The van der Waals surface area contributed by atoms with E-state index >= 15 is 0 Å². The van der Waals surface area contributed by atoms with Gasteiger partial charge in [-0.1, -0.05) is 31.9 Å². The largest absolute Gasteiger partial charge is 0.352 e. The van der Waals surface area contributed by atoms with Crippen molar-refractivity contribution in [1.82, 2.24) is 14.5 Å². The number of nitrogens with zero attached hydrogens (tertiary/aromatic N) is 2. The summed E-state index contributed by atoms with van der Waals surface area (Å²) in [6.07, 6.45) is 5.99. The number of benzene rings is 1. The smallest absolute Gasteiger partial charge is 0.251 e. The molecule has 1 aromatic carbocycles. The molecule has 2 aliphatic rings. The van der Waals surface area contributed by atoms with Gasteiger partial charge in [-0.05, 0) is 68.7 Å². The monoisotopic (exact) mass is 469 g/mol. The van der Waals surface area contributed by atoms with Crippen LogP contribution in [0.25, 0.3) is 0 Å². The van der Waals surface area contributed by atoms with Crippen LogP contribution in [0.15, 0.2) is 23.1 Å². The quantitative estimate of drug-likeness (QED) is 0.584. The minimum atomic E-state index is -3.68. The molecular weight excluding hydrogens is 434 g/mol. The van der Waals surface area contributed by atoms with Crippen LogP contribution in [-0.4, -0.2) is 62.8 Å². The molecule has 0 spiro atoms. The third-order valence-electron chi connectivity index (χ3n) is 6.26. The highest BCUT2D eigenvalue weighted by Crippen LogP contribution is 2.28. The fourth-order valence-electron chi connectivity index (χ4n) is 4.83. The Morgan fingerprint density at radius 2 is 1.77 bits per heavy atom. The third-order valence-corrected chi connectivity index (χ3v) is 8.64. The van der Waals surface area contributed by atoms with Gasteiger partial charge in [-0.25, -0.2) is 8.42 Å². The summed E-state index contributed by atoms with van der Waals surface area (Å²) in [6, 6.07) is 4.51. The summed E-state index contributed by atoms with van der Waals surface area (Å²) in [7, 11) is -3.68. The lowest BCUT2D eigenvalue weighted by molar-refractivity contribution is 0.0951. The molecule has 0 bridgehead atoms. The van der Waals surface area contributed by atoms with E-state index in [9.17, 15) is 13.2 Å². The van der Waals surface area contributed by atoms with Gasteiger partial charge in [0.05, 0.1) is 5.02 Å². The van der Waals surface area contributed by atoms with Gasteiger partial charge in [0, 0.05) is 38.3 Å². The van der Waals surface area contributed by atoms with Crippen molar-refractivity contribution in [2.24, 2.45) is 11.8 Å². The van der Waals surface area contributed by atoms with Crippen molar-refractivity contribution < 1.29 is 13.2 Å². The van der Waals surface area contributed by atoms with Crippen molar-refractivity contribution in [3.05, 3.63) is 28.8 Å². The SMILES string of the molecule is CC1CC(C)CN(CCCCNC(=O)c2ccc(Cl)c(S(=O)(=O)N3CCCCC3)c2)C1. The van der Waals surface area contributed by atoms with E-state index in [4.69, 9.17) is 11.6 Å². The highest BCUT2D eigenvalue weighted by molar-refractivity contribution is 7.89. The number of sulfonamides is 1. The van der Waals surface area contributed by atoms with Crippen LogP contribution in [0.3, 0.4) is 0 Å². The van der Waals surface area contributed by atoms with Gasteiger partial charge >= 0.3 is 0 Å². The molecule has 1 amide bonds. The van der Waals surface area contributed by atoms with Crippen molar-refractivity contribution in [2.45, 2.75) is 57.3 Å². The van der Waals surface area contributed by atoms with E-state index in [0.29, 0.717) is 25.2 Å². The Hall–Kier alpha value is -1.15. The van der Waals surface area contributed by atoms with E-state index in [1.165, 1.54) is 22.9 Å². The van der Waals surface area contributed by atoms with E-state index in [-0.39, 0.29) is 15.8 Å². The fraction of sp³-hybridized carbons (Fsp3) is 0.696. The molecular formula is C23H36ClN3O3S. The van der Waals surface area contributed by atoms with Crippen molar-refractivity contribution in [1.29, 1.82) is 0 Å². The molecule has 0 saturated carbocycles. The van der Waals surface area contributed by atoms with E-state index in [2.05, 4.69) is 24.1 Å². The first-order chi connectivity index (χ1) is 14.8. The highest BCUT2D eigenvalue weighted by atomic mass is 35.5. The predicted octanol–water partition coefficient (Wildman–Crippen LogP) is 4.00. The molecule has 6 nitrogen and oxygen atoms in total. The molecule has 8 heteroatoms. The lowest BCUT2D eigenvalue weighted by Gasteiger charge is -2.34. The molecule has 174 valence electrons. The fourth-order valence-corrected chi connectivity index (χ4v) is 6.84. The average Bonchev–Trinajstić information content (AvgIpc) is 2.73. The molecule has 1 N–H and O–H groups in total. The number of amides is 1. The lowest BCUT2D eigenvalue weighted by Crippen LogP contribution is -2.39. The average molecular weight is 470 g/mol. The maximum atomic E-state index is 13.0. The second-order valence-electron chi connectivity index (χ2n) is 9.28. The minimum absolute atomic E-state index is 0.0251. The molecule has 1 aromatic rings. The van der Waals surface area contributed by atoms with Gasteiger partial charge in [0.25, 0.3) is 5.91 Å². The van der Waals surface area contributed by atoms with Gasteiger partial charge in [-0.3, -0.25) is 4.79 Å². The molecule has 0 aromatic heterocycles. The van der Waals surface area contributed by atoms with Crippen LogP contribution in [0.2, 0.25) is 5.02 Å². The zero-order valence-electron chi connectivity index (χ0n) is 18.8. The molecule has 0 aliphatic carbocycles. The number of hydrogen-bond donors (Lipinski definition) is 1. The molecule has 2 atom stereocenters. The van der Waals surface area contributed by atoms with E-state index in [1.54, 1.807) is 6.07 Å². The summed E-state index contributed by atoms with van der Waals surface area (Å²) < 4.78 is 27.4. The number of halogens is 1. The number of carbonyl (C=O) groups excluding carboxylic acids is 1. The molecule has 2 unspecified atom stereocenters. The van der Waals surface area contributed by atoms with Crippen molar-refractivity contribution in [3.8, 4) is 0 Å². The lowest BCUT2D eigenvalue weighted by atomic mass is 9.92. The Morgan fingerprint density at radius 1 is 1.10 bits per heavy atom. The highest BCUT2D eigenvalue weighted by Gasteiger charge is 2.28. The third kappa shape index (κ3) is 6.67. The Morgan fingerprint density at radius 3 is 2.45 bits per heavy atom. The number of hydrogen-bond acceptors (Lipinski definition) is 4. The summed E-state index contributed by atoms with van der Waals surface area (Å²) in [5, 5.41) is 3.08. The maximum absolute atomic E-state index is 13.0. The van der Waals surface area contributed by atoms with Gasteiger partial charge in [-0.2, -0.15) is 4.31 Å². The standard InChI is InChI=1S/C23H36ClN3O3S/c1-18-14-19(2)17-26(16-18)11-7-4-10-25-23(28)20-8-9-21(24)22(15-20)31(29,30)27-12-5-3-6-13-27/h8-9,15,18-19H,3-7,10-14,16-17H2,1-2H3,(H,25,28). The molecule has 31 heavy (non-hydrogen) atoms. The Kier molecular flexibility index (Phi) is 8.79. The van der Waals surface area contributed by atoms with Crippen LogP contribution in [0, 0.1) is 11.8 Å². The van der Waals surface area contributed by atoms with E-state index in [0.717, 1.165) is 63.6 Å². The van der Waals surface area contributed by atoms with E-state index < -0.39 is 10.0 Å². The summed E-state index contributed by atoms with van der Waals surface area (Å²) in [5.74, 6) is 1.25. The van der Waals surface area contributed by atoms with Gasteiger partial charge in [0.2, 0.25) is 10.0 Å². The number of unbranched alkanes of at least 4 members (excludes halogenated alkanes) is 1. The first kappa shape index (κ1) is 24.5. The van der Waals surface area contributed by atoms with Gasteiger partial charge in [0.15, 0.2) is 0 Å². The first-order valence-corrected chi connectivity index (χ1v) is 13.4. The number of nitrogens with one attached hydrogen (secondary N) is 1. The van der Waals surface area contributed by atoms with Crippen LogP contribution in [0.4, 0.5) is 0 Å². The zero-order chi connectivity index (χ0) is 22.4. The molecule has 2 aliphatic heterocycles. The Bertz CT molecular complexity index is 846. The first-order valence-electron chi connectivity index (χ1n) is 11.6. The number of carbonyl (C=O) groups is 1. The predicted molar refractivity (Wildman–Crippen MR) is 125 cm³/mol. The maximum Gasteiger partial charge on any atom is 0.251 e. The second kappa shape index (κ2) is 11.1. The van der Waals surface area contributed by atoms with Crippen molar-refractivity contribution in [2.75, 3.05) is 39.3 Å². The summed E-state index contributed by atoms with van der Waals surface area (Å²) >= 11 is 6.20. The van der Waals surface area contributed by atoms with Crippen LogP contribution in [0.5, 0.6) is 0 Å². The van der Waals surface area contributed by atoms with Crippen LogP contribution in [-0.2, 0) is 10.0 Å². The van der Waals surface area contributed by atoms with Crippen molar-refractivity contribution >= 4 is 27.5 Å². The minimum Gasteiger partial charge on any atom is -0.352 e. The zero-order valence-corrected chi connectivity index (χ0v) is 20.3. The number of rotatable bonds is 8. The number of piperidine rings is 2. The Labute approximate surface area is 192 Å². The summed E-state index contributed by atoms with van der Waals surface area (Å²) in [6.45, 7) is 9.60. The Balaban J connectivity index is 1.51. The summed E-state index contributed by atoms with van der Waals surface area (Å²) in [5.41, 5.74) is 0.332. The van der Waals surface area contributed by atoms with E-state index in [1.807, 2.05) is 0 Å². The topological polar surface area (TPSA) is 69.7 Å². The normalized spacial score (nSPS) is 23.6. The van der Waals surface area contributed by atoms with Gasteiger partial charge in [-0.15, -0.1) is 0 Å². The van der Waals surface area contributed by atoms with Crippen LogP contribution >= 0.6 is 11.6 Å².